The molecule has 0 aromatic heterocycles. The molecule has 2 aromatic carbocycles. The third kappa shape index (κ3) is 4.31. The first-order chi connectivity index (χ1) is 13.6. The molecule has 2 aromatic rings. The standard InChI is InChI=1S/C23H26Cl2N2O/c1-4-7-9-19-16-22(23-20(24)10-8-11-21(23)25)27(28-19)18-14-12-17(13-15-18)26(5-2)6-3/h4,8,10-16,22H,1,5-7,9H2,2-3H3. The van der Waals surface area contributed by atoms with Crippen molar-refractivity contribution in [2.75, 3.05) is 23.1 Å². The quantitative estimate of drug-likeness (QED) is 0.423. The molecule has 0 N–H and O–H groups in total. The molecule has 1 unspecified atom stereocenters. The molecule has 148 valence electrons. The zero-order valence-electron chi connectivity index (χ0n) is 16.4. The highest BCUT2D eigenvalue weighted by atomic mass is 35.5. The maximum Gasteiger partial charge on any atom is 0.131 e. The topological polar surface area (TPSA) is 15.7 Å². The van der Waals surface area contributed by atoms with Crippen LogP contribution in [0, 0.1) is 0 Å². The predicted octanol–water partition coefficient (Wildman–Crippen LogP) is 7.18. The van der Waals surface area contributed by atoms with E-state index in [0.29, 0.717) is 10.0 Å². The van der Waals surface area contributed by atoms with Crippen LogP contribution in [0.5, 0.6) is 0 Å². The minimum atomic E-state index is -0.180. The summed E-state index contributed by atoms with van der Waals surface area (Å²) in [5.74, 6) is 0.897. The summed E-state index contributed by atoms with van der Waals surface area (Å²) in [5.41, 5.74) is 3.01. The lowest BCUT2D eigenvalue weighted by Gasteiger charge is -2.28. The Labute approximate surface area is 177 Å². The third-order valence-corrected chi connectivity index (χ3v) is 5.59. The second kappa shape index (κ2) is 9.40. The first-order valence-corrected chi connectivity index (χ1v) is 10.4. The molecule has 0 aliphatic carbocycles. The van der Waals surface area contributed by atoms with Crippen LogP contribution in [0.2, 0.25) is 10.0 Å². The number of hydrogen-bond donors (Lipinski definition) is 0. The average Bonchev–Trinajstić information content (AvgIpc) is 3.11. The van der Waals surface area contributed by atoms with Gasteiger partial charge in [0.05, 0.1) is 5.69 Å². The molecule has 3 nitrogen and oxygen atoms in total. The summed E-state index contributed by atoms with van der Waals surface area (Å²) in [5, 5.41) is 3.15. The highest BCUT2D eigenvalue weighted by Gasteiger charge is 2.31. The maximum atomic E-state index is 6.50. The smallest absolute Gasteiger partial charge is 0.131 e. The number of benzene rings is 2. The Morgan fingerprint density at radius 1 is 1.07 bits per heavy atom. The Morgan fingerprint density at radius 2 is 1.71 bits per heavy atom. The molecular formula is C23H26Cl2N2O. The van der Waals surface area contributed by atoms with Crippen molar-refractivity contribution in [2.45, 2.75) is 32.7 Å². The highest BCUT2D eigenvalue weighted by molar-refractivity contribution is 6.36. The second-order valence-corrected chi connectivity index (χ2v) is 7.46. The summed E-state index contributed by atoms with van der Waals surface area (Å²) in [7, 11) is 0. The second-order valence-electron chi connectivity index (χ2n) is 6.65. The van der Waals surface area contributed by atoms with E-state index < -0.39 is 0 Å². The van der Waals surface area contributed by atoms with Gasteiger partial charge in [-0.2, -0.15) is 5.06 Å². The number of halogens is 2. The van der Waals surface area contributed by atoms with Crippen LogP contribution >= 0.6 is 23.2 Å². The molecule has 0 amide bonds. The van der Waals surface area contributed by atoms with Crippen molar-refractivity contribution < 1.29 is 4.84 Å². The van der Waals surface area contributed by atoms with Gasteiger partial charge in [-0.25, -0.2) is 0 Å². The third-order valence-electron chi connectivity index (χ3n) is 4.94. The zero-order chi connectivity index (χ0) is 20.1. The molecule has 0 bridgehead atoms. The van der Waals surface area contributed by atoms with Crippen molar-refractivity contribution >= 4 is 34.6 Å². The molecule has 0 spiro atoms. The first kappa shape index (κ1) is 20.6. The van der Waals surface area contributed by atoms with E-state index in [4.69, 9.17) is 28.0 Å². The van der Waals surface area contributed by atoms with Crippen molar-refractivity contribution in [3.05, 3.63) is 82.6 Å². The molecule has 5 heteroatoms. The Bertz CT molecular complexity index is 824. The molecule has 1 atom stereocenters. The Hall–Kier alpha value is -2.10. The van der Waals surface area contributed by atoms with Crippen molar-refractivity contribution in [3.63, 3.8) is 0 Å². The molecule has 0 saturated carbocycles. The molecule has 28 heavy (non-hydrogen) atoms. The first-order valence-electron chi connectivity index (χ1n) is 9.66. The summed E-state index contributed by atoms with van der Waals surface area (Å²) in [6.07, 6.45) is 5.62. The molecule has 1 heterocycles. The van der Waals surface area contributed by atoms with Crippen LogP contribution in [0.15, 0.2) is 67.0 Å². The molecule has 0 radical (unpaired) electrons. The summed E-state index contributed by atoms with van der Waals surface area (Å²) >= 11 is 13.0. The van der Waals surface area contributed by atoms with Gasteiger partial charge in [-0.15, -0.1) is 6.58 Å². The van der Waals surface area contributed by atoms with E-state index in [0.717, 1.165) is 42.9 Å². The molecule has 1 aliphatic heterocycles. The van der Waals surface area contributed by atoms with Crippen LogP contribution in [0.25, 0.3) is 0 Å². The van der Waals surface area contributed by atoms with Crippen LogP contribution in [0.4, 0.5) is 11.4 Å². The number of nitrogens with zero attached hydrogens (tertiary/aromatic N) is 2. The van der Waals surface area contributed by atoms with E-state index in [1.807, 2.05) is 29.3 Å². The van der Waals surface area contributed by atoms with Gasteiger partial charge in [-0.1, -0.05) is 35.3 Å². The maximum absolute atomic E-state index is 6.50. The van der Waals surface area contributed by atoms with Crippen LogP contribution in [-0.2, 0) is 4.84 Å². The molecular weight excluding hydrogens is 391 g/mol. The predicted molar refractivity (Wildman–Crippen MR) is 120 cm³/mol. The minimum absolute atomic E-state index is 0.180. The summed E-state index contributed by atoms with van der Waals surface area (Å²) in [6.45, 7) is 10.1. The summed E-state index contributed by atoms with van der Waals surface area (Å²) in [4.78, 5) is 8.51. The van der Waals surface area contributed by atoms with Crippen LogP contribution < -0.4 is 9.96 Å². The number of anilines is 2. The minimum Gasteiger partial charge on any atom is -0.383 e. The number of allylic oxidation sites excluding steroid dienone is 2. The van der Waals surface area contributed by atoms with E-state index in [-0.39, 0.29) is 6.04 Å². The van der Waals surface area contributed by atoms with Gasteiger partial charge in [-0.3, -0.25) is 0 Å². The van der Waals surface area contributed by atoms with Crippen LogP contribution in [0.1, 0.15) is 38.3 Å². The number of hydrogen-bond acceptors (Lipinski definition) is 3. The Kier molecular flexibility index (Phi) is 6.93. The van der Waals surface area contributed by atoms with Gasteiger partial charge in [0.1, 0.15) is 11.8 Å². The lowest BCUT2D eigenvalue weighted by molar-refractivity contribution is 0.186. The fourth-order valence-electron chi connectivity index (χ4n) is 3.44. The van der Waals surface area contributed by atoms with Gasteiger partial charge in [-0.05, 0) is 62.7 Å². The van der Waals surface area contributed by atoms with Gasteiger partial charge in [0, 0.05) is 40.8 Å². The van der Waals surface area contributed by atoms with Gasteiger partial charge >= 0.3 is 0 Å². The van der Waals surface area contributed by atoms with E-state index in [2.05, 4.69) is 55.7 Å². The highest BCUT2D eigenvalue weighted by Crippen LogP contribution is 2.42. The van der Waals surface area contributed by atoms with Gasteiger partial charge in [0.15, 0.2) is 0 Å². The SMILES string of the molecule is C=CCCC1=CC(c2c(Cl)cccc2Cl)N(c2ccc(N(CC)CC)cc2)O1. The lowest BCUT2D eigenvalue weighted by Crippen LogP contribution is -2.24. The van der Waals surface area contributed by atoms with Crippen LogP contribution in [-0.4, -0.2) is 13.1 Å². The summed E-state index contributed by atoms with van der Waals surface area (Å²) in [6, 6.07) is 13.8. The molecule has 0 saturated heterocycles. The largest absolute Gasteiger partial charge is 0.383 e. The average molecular weight is 417 g/mol. The molecule has 0 fully saturated rings. The molecule has 3 rings (SSSR count). The van der Waals surface area contributed by atoms with Crippen molar-refractivity contribution in [3.8, 4) is 0 Å². The Morgan fingerprint density at radius 3 is 2.29 bits per heavy atom. The molecule has 1 aliphatic rings. The fourth-order valence-corrected chi connectivity index (χ4v) is 4.06. The van der Waals surface area contributed by atoms with Gasteiger partial charge < -0.3 is 9.74 Å². The fraction of sp³-hybridized carbons (Fsp3) is 0.304. The van der Waals surface area contributed by atoms with E-state index in [9.17, 15) is 0 Å². The number of rotatable bonds is 8. The Balaban J connectivity index is 1.95. The van der Waals surface area contributed by atoms with Crippen LogP contribution in [0.3, 0.4) is 0 Å². The van der Waals surface area contributed by atoms with Gasteiger partial charge in [0.2, 0.25) is 0 Å². The van der Waals surface area contributed by atoms with Gasteiger partial charge in [0.25, 0.3) is 0 Å². The van der Waals surface area contributed by atoms with E-state index >= 15 is 0 Å². The van der Waals surface area contributed by atoms with Crippen molar-refractivity contribution in [1.82, 2.24) is 0 Å². The van der Waals surface area contributed by atoms with Crippen molar-refractivity contribution in [1.29, 1.82) is 0 Å². The van der Waals surface area contributed by atoms with E-state index in [1.165, 1.54) is 5.69 Å². The van der Waals surface area contributed by atoms with E-state index in [1.54, 1.807) is 0 Å². The monoisotopic (exact) mass is 416 g/mol. The lowest BCUT2D eigenvalue weighted by atomic mass is 10.0. The zero-order valence-corrected chi connectivity index (χ0v) is 17.9. The normalized spacial score (nSPS) is 15.9. The summed E-state index contributed by atoms with van der Waals surface area (Å²) < 4.78 is 0. The number of hydroxylamine groups is 1. The van der Waals surface area contributed by atoms with Crippen molar-refractivity contribution in [2.24, 2.45) is 0 Å².